The summed E-state index contributed by atoms with van der Waals surface area (Å²) in [4.78, 5) is 8.41. The summed E-state index contributed by atoms with van der Waals surface area (Å²) in [6, 6.07) is 0.631. The van der Waals surface area contributed by atoms with E-state index in [1.807, 2.05) is 0 Å². The summed E-state index contributed by atoms with van der Waals surface area (Å²) < 4.78 is 63.5. The summed E-state index contributed by atoms with van der Waals surface area (Å²) in [5, 5.41) is 15.3. The third-order valence-corrected chi connectivity index (χ3v) is 2.81. The van der Waals surface area contributed by atoms with E-state index in [4.69, 9.17) is 0 Å². The van der Waals surface area contributed by atoms with Gasteiger partial charge in [-0.05, 0) is 0 Å². The Morgan fingerprint density at radius 3 is 2.42 bits per heavy atom. The molecule has 0 saturated heterocycles. The number of benzene rings is 1. The first-order valence-corrected chi connectivity index (χ1v) is 6.09. The second-order valence-corrected chi connectivity index (χ2v) is 4.78. The number of rotatable bonds is 5. The molecule has 0 bridgehead atoms. The van der Waals surface area contributed by atoms with Crippen molar-refractivity contribution in [2.45, 2.75) is 11.3 Å². The normalized spacial score (nSPS) is 11.6. The molecule has 0 unspecified atom stereocenters. The first-order valence-electron chi connectivity index (χ1n) is 4.54. The maximum absolute atomic E-state index is 13.4. The maximum atomic E-state index is 13.4. The molecule has 1 rings (SSSR count). The number of primary sulfonamides is 1. The lowest BCUT2D eigenvalue weighted by Gasteiger charge is -2.08. The Hall–Kier alpha value is -1.88. The predicted octanol–water partition coefficient (Wildman–Crippen LogP) is 1.03. The lowest BCUT2D eigenvalue weighted by atomic mass is 10.3. The van der Waals surface area contributed by atoms with Gasteiger partial charge in [0, 0.05) is 12.1 Å². The second-order valence-electron chi connectivity index (χ2n) is 3.25. The van der Waals surface area contributed by atoms with Crippen molar-refractivity contribution in [1.82, 2.24) is 0 Å². The monoisotopic (exact) mass is 300 g/mol. The van der Waals surface area contributed by atoms with Crippen LogP contribution in [0, 0.1) is 15.9 Å². The van der Waals surface area contributed by atoms with Crippen LogP contribution in [0.3, 0.4) is 0 Å². The lowest BCUT2D eigenvalue weighted by Crippen LogP contribution is -2.15. The van der Waals surface area contributed by atoms with E-state index in [2.05, 4.69) is 9.88 Å². The number of nitro benzene ring substituents is 1. The number of hydrogen-bond acceptors (Lipinski definition) is 5. The molecular formula is C8H7F3N2O5S. The number of nitro groups is 1. The first-order chi connectivity index (χ1) is 8.62. The molecule has 0 aliphatic carbocycles. The van der Waals surface area contributed by atoms with Gasteiger partial charge in [0.2, 0.25) is 10.0 Å². The van der Waals surface area contributed by atoms with Gasteiger partial charge in [-0.1, -0.05) is 0 Å². The summed E-state index contributed by atoms with van der Waals surface area (Å²) in [5.74, 6) is -2.24. The molecular weight excluding hydrogens is 293 g/mol. The molecule has 1 aromatic rings. The third kappa shape index (κ3) is 3.79. The van der Waals surface area contributed by atoms with Crippen molar-refractivity contribution >= 4 is 15.7 Å². The largest absolute Gasteiger partial charge is 0.481 e. The highest BCUT2D eigenvalue weighted by Gasteiger charge is 2.25. The van der Waals surface area contributed by atoms with Crippen molar-refractivity contribution in [3.8, 4) is 5.75 Å². The minimum absolute atomic E-state index is 0.311. The van der Waals surface area contributed by atoms with Crippen LogP contribution in [-0.4, -0.2) is 26.4 Å². The highest BCUT2D eigenvalue weighted by atomic mass is 32.2. The molecule has 7 nitrogen and oxygen atoms in total. The van der Waals surface area contributed by atoms with Crippen molar-refractivity contribution in [2.24, 2.45) is 5.14 Å². The first kappa shape index (κ1) is 15.2. The molecule has 0 saturated carbocycles. The Bertz CT molecular complexity index is 605. The summed E-state index contributed by atoms with van der Waals surface area (Å²) in [6.07, 6.45) is -2.93. The molecule has 0 aromatic heterocycles. The molecule has 2 N–H and O–H groups in total. The molecule has 0 heterocycles. The summed E-state index contributed by atoms with van der Waals surface area (Å²) in [6.45, 7) is -1.20. The van der Waals surface area contributed by atoms with E-state index < -0.39 is 50.1 Å². The highest BCUT2D eigenvalue weighted by molar-refractivity contribution is 7.89. The SMILES string of the molecule is NS(=O)(=O)c1cc([N+](=O)[O-])c(OCC(F)F)cc1F. The average molecular weight is 300 g/mol. The molecule has 0 fully saturated rings. The number of nitrogens with zero attached hydrogens (tertiary/aromatic N) is 1. The van der Waals surface area contributed by atoms with Crippen molar-refractivity contribution in [3.63, 3.8) is 0 Å². The summed E-state index contributed by atoms with van der Waals surface area (Å²) in [7, 11) is -4.52. The van der Waals surface area contributed by atoms with Crippen LogP contribution in [0.25, 0.3) is 0 Å². The molecule has 0 aliphatic rings. The molecule has 0 amide bonds. The molecule has 0 radical (unpaired) electrons. The molecule has 1 aromatic carbocycles. The van der Waals surface area contributed by atoms with E-state index in [-0.39, 0.29) is 0 Å². The van der Waals surface area contributed by atoms with Gasteiger partial charge in [-0.2, -0.15) is 0 Å². The van der Waals surface area contributed by atoms with Crippen LogP contribution in [0.15, 0.2) is 17.0 Å². The minimum atomic E-state index is -4.52. The average Bonchev–Trinajstić information content (AvgIpc) is 2.23. The van der Waals surface area contributed by atoms with Gasteiger partial charge < -0.3 is 4.74 Å². The van der Waals surface area contributed by atoms with Crippen LogP contribution in [0.2, 0.25) is 0 Å². The Morgan fingerprint density at radius 1 is 1.42 bits per heavy atom. The zero-order chi connectivity index (χ0) is 14.8. The number of ether oxygens (including phenoxy) is 1. The Labute approximate surface area is 105 Å². The highest BCUT2D eigenvalue weighted by Crippen LogP contribution is 2.31. The lowest BCUT2D eigenvalue weighted by molar-refractivity contribution is -0.386. The number of nitrogens with two attached hydrogens (primary N) is 1. The van der Waals surface area contributed by atoms with Gasteiger partial charge >= 0.3 is 5.69 Å². The Kier molecular flexibility index (Phi) is 4.32. The van der Waals surface area contributed by atoms with E-state index in [9.17, 15) is 31.7 Å². The maximum Gasteiger partial charge on any atom is 0.312 e. The molecule has 19 heavy (non-hydrogen) atoms. The number of sulfonamides is 1. The molecule has 106 valence electrons. The Morgan fingerprint density at radius 2 is 2.00 bits per heavy atom. The van der Waals surface area contributed by atoms with Gasteiger partial charge in [0.25, 0.3) is 6.43 Å². The third-order valence-electron chi connectivity index (χ3n) is 1.88. The second kappa shape index (κ2) is 5.40. The zero-order valence-electron chi connectivity index (χ0n) is 9.05. The van der Waals surface area contributed by atoms with Crippen molar-refractivity contribution in [2.75, 3.05) is 6.61 Å². The van der Waals surface area contributed by atoms with Gasteiger partial charge in [0.05, 0.1) is 4.92 Å². The van der Waals surface area contributed by atoms with Gasteiger partial charge in [-0.25, -0.2) is 26.7 Å². The zero-order valence-corrected chi connectivity index (χ0v) is 9.86. The van der Waals surface area contributed by atoms with Crippen molar-refractivity contribution in [1.29, 1.82) is 0 Å². The van der Waals surface area contributed by atoms with E-state index in [0.29, 0.717) is 12.1 Å². The van der Waals surface area contributed by atoms with Crippen LogP contribution in [0.4, 0.5) is 18.9 Å². The molecule has 0 atom stereocenters. The number of alkyl halides is 2. The smallest absolute Gasteiger partial charge is 0.312 e. The minimum Gasteiger partial charge on any atom is -0.481 e. The standard InChI is InChI=1S/C8H7F3N2O5S/c9-4-1-6(18-3-8(10)11)5(13(14)15)2-7(4)19(12,16)17/h1-2,8H,3H2,(H2,12,16,17). The quantitative estimate of drug-likeness (QED) is 0.644. The molecule has 0 spiro atoms. The van der Waals surface area contributed by atoms with Crippen molar-refractivity contribution in [3.05, 3.63) is 28.1 Å². The van der Waals surface area contributed by atoms with E-state index >= 15 is 0 Å². The van der Waals surface area contributed by atoms with Crippen LogP contribution in [0.1, 0.15) is 0 Å². The predicted molar refractivity (Wildman–Crippen MR) is 55.9 cm³/mol. The van der Waals surface area contributed by atoms with E-state index in [1.54, 1.807) is 0 Å². The van der Waals surface area contributed by atoms with Gasteiger partial charge in [-0.15, -0.1) is 0 Å². The summed E-state index contributed by atoms with van der Waals surface area (Å²) >= 11 is 0. The van der Waals surface area contributed by atoms with Gasteiger partial charge in [0.15, 0.2) is 5.75 Å². The van der Waals surface area contributed by atoms with Crippen molar-refractivity contribution < 1.29 is 31.2 Å². The Balaban J connectivity index is 3.34. The number of halogens is 3. The van der Waals surface area contributed by atoms with Gasteiger partial charge in [-0.3, -0.25) is 10.1 Å². The fourth-order valence-electron chi connectivity index (χ4n) is 1.15. The van der Waals surface area contributed by atoms with E-state index in [1.165, 1.54) is 0 Å². The topological polar surface area (TPSA) is 113 Å². The molecule has 11 heteroatoms. The van der Waals surface area contributed by atoms with Crippen LogP contribution in [-0.2, 0) is 10.0 Å². The van der Waals surface area contributed by atoms with Crippen LogP contribution < -0.4 is 9.88 Å². The fourth-order valence-corrected chi connectivity index (χ4v) is 1.76. The van der Waals surface area contributed by atoms with E-state index in [0.717, 1.165) is 0 Å². The summed E-state index contributed by atoms with van der Waals surface area (Å²) in [5.41, 5.74) is -0.980. The number of hydrogen-bond donors (Lipinski definition) is 1. The van der Waals surface area contributed by atoms with Crippen LogP contribution >= 0.6 is 0 Å². The molecule has 0 aliphatic heterocycles. The van der Waals surface area contributed by atoms with Gasteiger partial charge in [0.1, 0.15) is 17.3 Å². The fraction of sp³-hybridized carbons (Fsp3) is 0.250. The van der Waals surface area contributed by atoms with Crippen LogP contribution in [0.5, 0.6) is 5.75 Å².